The lowest BCUT2D eigenvalue weighted by Crippen LogP contribution is -2.05. The first kappa shape index (κ1) is 16.1. The number of halogens is 2. The number of hydrogen-bond donors (Lipinski definition) is 0. The maximum absolute atomic E-state index is 12.4. The quantitative estimate of drug-likeness (QED) is 0.593. The third-order valence-corrected chi connectivity index (χ3v) is 3.45. The molecule has 0 spiro atoms. The number of ether oxygens (including phenoxy) is 1. The van der Waals surface area contributed by atoms with Crippen LogP contribution >= 0.6 is 11.8 Å². The molecule has 0 radical (unpaired) electrons. The molecule has 0 atom stereocenters. The number of nitro groups is 1. The van der Waals surface area contributed by atoms with E-state index in [1.165, 1.54) is 6.07 Å². The molecule has 0 bridgehead atoms. The number of nitro benzene ring substituents is 1. The molecule has 0 unspecified atom stereocenters. The Kier molecular flexibility index (Phi) is 4.85. The van der Waals surface area contributed by atoms with E-state index in [2.05, 4.69) is 20.3 Å². The molecule has 0 aliphatic heterocycles. The zero-order chi connectivity index (χ0) is 16.3. The summed E-state index contributed by atoms with van der Waals surface area (Å²) in [6.45, 7) is 0.600. The van der Waals surface area contributed by atoms with Crippen molar-refractivity contribution >= 4 is 17.4 Å². The summed E-state index contributed by atoms with van der Waals surface area (Å²) in [5, 5.41) is 22.4. The average molecular weight is 331 g/mol. The summed E-state index contributed by atoms with van der Waals surface area (Å²) in [4.78, 5) is 10.5. The SMILES string of the molecule is CC(C)n1nnnc1Sc1ccc([N+](=O)[O-])c(OC(F)F)c1. The fraction of sp³-hybridized carbons (Fsp3) is 0.364. The summed E-state index contributed by atoms with van der Waals surface area (Å²) in [5.41, 5.74) is -0.534. The van der Waals surface area contributed by atoms with E-state index in [1.807, 2.05) is 13.8 Å². The lowest BCUT2D eigenvalue weighted by Gasteiger charge is -2.09. The minimum atomic E-state index is -3.15. The monoisotopic (exact) mass is 331 g/mol. The summed E-state index contributed by atoms with van der Waals surface area (Å²) in [5.74, 6) is -0.506. The Hall–Kier alpha value is -2.30. The first-order valence-electron chi connectivity index (χ1n) is 6.07. The van der Waals surface area contributed by atoms with Gasteiger partial charge in [0.05, 0.1) is 11.0 Å². The van der Waals surface area contributed by atoms with Crippen LogP contribution in [0.15, 0.2) is 28.3 Å². The molecule has 11 heteroatoms. The summed E-state index contributed by atoms with van der Waals surface area (Å²) in [7, 11) is 0. The van der Waals surface area contributed by atoms with Gasteiger partial charge in [0.2, 0.25) is 10.9 Å². The molecule has 1 aromatic carbocycles. The highest BCUT2D eigenvalue weighted by Gasteiger charge is 2.20. The van der Waals surface area contributed by atoms with Crippen molar-refractivity contribution in [3.8, 4) is 5.75 Å². The van der Waals surface area contributed by atoms with Gasteiger partial charge in [-0.1, -0.05) is 0 Å². The molecule has 0 fully saturated rings. The number of tetrazole rings is 1. The van der Waals surface area contributed by atoms with Gasteiger partial charge in [0.1, 0.15) is 0 Å². The predicted octanol–water partition coefficient (Wildman–Crippen LogP) is 2.91. The van der Waals surface area contributed by atoms with Crippen LogP contribution in [0.25, 0.3) is 0 Å². The topological polar surface area (TPSA) is 96.0 Å². The largest absolute Gasteiger partial charge is 0.427 e. The lowest BCUT2D eigenvalue weighted by atomic mass is 10.3. The molecule has 1 aromatic heterocycles. The number of rotatable bonds is 6. The number of hydrogen-bond acceptors (Lipinski definition) is 7. The first-order valence-corrected chi connectivity index (χ1v) is 6.89. The highest BCUT2D eigenvalue weighted by atomic mass is 32.2. The van der Waals surface area contributed by atoms with Crippen molar-refractivity contribution in [1.82, 2.24) is 20.2 Å². The molecule has 118 valence electrons. The van der Waals surface area contributed by atoms with Crippen molar-refractivity contribution in [2.75, 3.05) is 0 Å². The summed E-state index contributed by atoms with van der Waals surface area (Å²) >= 11 is 1.09. The normalized spacial score (nSPS) is 11.2. The number of aromatic nitrogens is 4. The third-order valence-electron chi connectivity index (χ3n) is 2.50. The van der Waals surface area contributed by atoms with Crippen molar-refractivity contribution in [2.45, 2.75) is 36.6 Å². The van der Waals surface area contributed by atoms with Crippen molar-refractivity contribution < 1.29 is 18.4 Å². The van der Waals surface area contributed by atoms with Crippen molar-refractivity contribution in [3.05, 3.63) is 28.3 Å². The summed E-state index contributed by atoms with van der Waals surface area (Å²) < 4.78 is 30.4. The zero-order valence-corrected chi connectivity index (χ0v) is 12.3. The van der Waals surface area contributed by atoms with E-state index in [0.29, 0.717) is 10.1 Å². The number of benzene rings is 1. The van der Waals surface area contributed by atoms with E-state index in [9.17, 15) is 18.9 Å². The molecule has 1 heterocycles. The molecule has 0 N–H and O–H groups in total. The smallest absolute Gasteiger partial charge is 0.387 e. The first-order chi connectivity index (χ1) is 10.4. The van der Waals surface area contributed by atoms with E-state index < -0.39 is 23.0 Å². The van der Waals surface area contributed by atoms with Crippen LogP contribution in [-0.4, -0.2) is 31.7 Å². The van der Waals surface area contributed by atoms with E-state index in [1.54, 1.807) is 4.68 Å². The van der Waals surface area contributed by atoms with Gasteiger partial charge in [-0.25, -0.2) is 4.68 Å². The zero-order valence-electron chi connectivity index (χ0n) is 11.5. The Morgan fingerprint density at radius 3 is 2.73 bits per heavy atom. The van der Waals surface area contributed by atoms with Gasteiger partial charge in [0.25, 0.3) is 0 Å². The number of alkyl halides is 2. The molecule has 0 saturated carbocycles. The van der Waals surface area contributed by atoms with Gasteiger partial charge in [-0.3, -0.25) is 10.1 Å². The average Bonchev–Trinajstić information content (AvgIpc) is 2.86. The maximum atomic E-state index is 12.4. The molecule has 0 amide bonds. The Morgan fingerprint density at radius 2 is 2.14 bits per heavy atom. The number of nitrogens with zero attached hydrogens (tertiary/aromatic N) is 5. The molecule has 22 heavy (non-hydrogen) atoms. The molecule has 2 aromatic rings. The molecule has 0 saturated heterocycles. The van der Waals surface area contributed by atoms with Crippen molar-refractivity contribution in [1.29, 1.82) is 0 Å². The van der Waals surface area contributed by atoms with E-state index >= 15 is 0 Å². The fourth-order valence-corrected chi connectivity index (χ4v) is 2.51. The minimum Gasteiger partial charge on any atom is -0.427 e. The van der Waals surface area contributed by atoms with Crippen LogP contribution in [0.1, 0.15) is 19.9 Å². The molecule has 8 nitrogen and oxygen atoms in total. The second-order valence-corrected chi connectivity index (χ2v) is 5.41. The van der Waals surface area contributed by atoms with Crippen molar-refractivity contribution in [2.24, 2.45) is 0 Å². The molecule has 0 aliphatic rings. The van der Waals surface area contributed by atoms with Crippen LogP contribution in [0, 0.1) is 10.1 Å². The second-order valence-electron chi connectivity index (χ2n) is 4.37. The van der Waals surface area contributed by atoms with E-state index in [-0.39, 0.29) is 6.04 Å². The van der Waals surface area contributed by atoms with Crippen molar-refractivity contribution in [3.63, 3.8) is 0 Å². The van der Waals surface area contributed by atoms with Crippen LogP contribution in [0.2, 0.25) is 0 Å². The Balaban J connectivity index is 2.32. The van der Waals surface area contributed by atoms with Crippen LogP contribution in [0.3, 0.4) is 0 Å². The fourth-order valence-electron chi connectivity index (χ4n) is 1.58. The van der Waals surface area contributed by atoms with Gasteiger partial charge in [-0.05, 0) is 42.1 Å². The standard InChI is InChI=1S/C11H11F2N5O3S/c1-6(2)17-11(14-15-16-17)22-7-3-4-8(18(19)20)9(5-7)21-10(12)13/h3-6,10H,1-2H3. The third kappa shape index (κ3) is 3.67. The minimum absolute atomic E-state index is 0.00679. The van der Waals surface area contributed by atoms with Gasteiger partial charge in [-0.15, -0.1) is 5.10 Å². The second kappa shape index (κ2) is 6.64. The Labute approximate surface area is 127 Å². The molecular weight excluding hydrogens is 320 g/mol. The molecule has 0 aliphatic carbocycles. The molecular formula is C11H11F2N5O3S. The summed E-state index contributed by atoms with van der Waals surface area (Å²) in [6, 6.07) is 3.69. The van der Waals surface area contributed by atoms with Gasteiger partial charge in [0, 0.05) is 17.0 Å². The van der Waals surface area contributed by atoms with Gasteiger partial charge >= 0.3 is 12.3 Å². The van der Waals surface area contributed by atoms with Crippen LogP contribution in [0.5, 0.6) is 5.75 Å². The summed E-state index contributed by atoms with van der Waals surface area (Å²) in [6.07, 6.45) is 0. The van der Waals surface area contributed by atoms with Crippen LogP contribution in [-0.2, 0) is 0 Å². The van der Waals surface area contributed by atoms with Gasteiger partial charge in [0.15, 0.2) is 0 Å². The van der Waals surface area contributed by atoms with E-state index in [4.69, 9.17) is 0 Å². The van der Waals surface area contributed by atoms with Crippen LogP contribution in [0.4, 0.5) is 14.5 Å². The highest BCUT2D eigenvalue weighted by molar-refractivity contribution is 7.99. The Morgan fingerprint density at radius 1 is 1.41 bits per heavy atom. The van der Waals surface area contributed by atoms with Gasteiger partial charge < -0.3 is 4.74 Å². The lowest BCUT2D eigenvalue weighted by molar-refractivity contribution is -0.386. The predicted molar refractivity (Wildman–Crippen MR) is 72.1 cm³/mol. The highest BCUT2D eigenvalue weighted by Crippen LogP contribution is 2.35. The van der Waals surface area contributed by atoms with Gasteiger partial charge in [-0.2, -0.15) is 8.78 Å². The van der Waals surface area contributed by atoms with E-state index in [0.717, 1.165) is 23.9 Å². The Bertz CT molecular complexity index is 679. The maximum Gasteiger partial charge on any atom is 0.387 e. The van der Waals surface area contributed by atoms with Crippen LogP contribution < -0.4 is 4.74 Å². The molecule has 2 rings (SSSR count).